The molecular formula is C39H26N2. The molecule has 0 radical (unpaired) electrons. The Balaban J connectivity index is 1.44. The Labute approximate surface area is 237 Å². The summed E-state index contributed by atoms with van der Waals surface area (Å²) in [5.74, 6) is 0. The Hall–Kier alpha value is -5.34. The van der Waals surface area contributed by atoms with Gasteiger partial charge in [-0.2, -0.15) is 0 Å². The fourth-order valence-corrected chi connectivity index (χ4v) is 7.07. The maximum absolute atomic E-state index is 2.42. The van der Waals surface area contributed by atoms with Gasteiger partial charge in [-0.3, -0.25) is 0 Å². The smallest absolute Gasteiger partial charge is 0.0547 e. The molecule has 0 amide bonds. The van der Waals surface area contributed by atoms with Crippen LogP contribution < -0.4 is 0 Å². The number of benzene rings is 7. The lowest BCUT2D eigenvalue weighted by molar-refractivity contribution is 1.01. The van der Waals surface area contributed by atoms with Gasteiger partial charge in [-0.05, 0) is 75.1 Å². The van der Waals surface area contributed by atoms with Crippen LogP contribution in [0.4, 0.5) is 0 Å². The van der Waals surface area contributed by atoms with E-state index in [1.807, 2.05) is 0 Å². The van der Waals surface area contributed by atoms with Gasteiger partial charge in [0.05, 0.1) is 11.0 Å². The van der Waals surface area contributed by atoms with Gasteiger partial charge >= 0.3 is 0 Å². The van der Waals surface area contributed by atoms with Crippen LogP contribution >= 0.6 is 0 Å². The quantitative estimate of drug-likeness (QED) is 0.214. The molecule has 9 rings (SSSR count). The lowest BCUT2D eigenvalue weighted by Crippen LogP contribution is -1.93. The first-order chi connectivity index (χ1) is 20.3. The number of aryl methyl sites for hydroxylation is 1. The molecule has 0 aliphatic carbocycles. The molecule has 0 saturated heterocycles. The molecule has 2 heterocycles. The minimum absolute atomic E-state index is 1.18. The highest BCUT2D eigenvalue weighted by atomic mass is 15.0. The maximum atomic E-state index is 2.42. The summed E-state index contributed by atoms with van der Waals surface area (Å²) < 4.78 is 4.75. The average molecular weight is 523 g/mol. The van der Waals surface area contributed by atoms with Crippen LogP contribution in [-0.4, -0.2) is 9.13 Å². The van der Waals surface area contributed by atoms with Gasteiger partial charge in [-0.1, -0.05) is 97.1 Å². The topological polar surface area (TPSA) is 9.86 Å². The van der Waals surface area contributed by atoms with Gasteiger partial charge in [0.25, 0.3) is 0 Å². The molecule has 0 atom stereocenters. The van der Waals surface area contributed by atoms with E-state index in [1.54, 1.807) is 0 Å². The summed E-state index contributed by atoms with van der Waals surface area (Å²) in [6.45, 7) is 0. The molecule has 0 saturated carbocycles. The van der Waals surface area contributed by atoms with E-state index >= 15 is 0 Å². The third kappa shape index (κ3) is 3.07. The van der Waals surface area contributed by atoms with Gasteiger partial charge in [0, 0.05) is 45.3 Å². The van der Waals surface area contributed by atoms with Gasteiger partial charge in [-0.15, -0.1) is 0 Å². The maximum Gasteiger partial charge on any atom is 0.0547 e. The summed E-state index contributed by atoms with van der Waals surface area (Å²) in [5.41, 5.74) is 8.65. The molecule has 2 nitrogen and oxygen atoms in total. The Morgan fingerprint density at radius 3 is 1.83 bits per heavy atom. The Bertz CT molecular complexity index is 2470. The van der Waals surface area contributed by atoms with Crippen LogP contribution in [0.1, 0.15) is 0 Å². The second kappa shape index (κ2) is 8.33. The van der Waals surface area contributed by atoms with Crippen LogP contribution in [0.15, 0.2) is 140 Å². The Morgan fingerprint density at radius 2 is 1.05 bits per heavy atom. The number of fused-ring (bicyclic) bond motifs is 10. The van der Waals surface area contributed by atoms with Crippen LogP contribution in [0.2, 0.25) is 0 Å². The number of hydrogen-bond donors (Lipinski definition) is 0. The van der Waals surface area contributed by atoms with E-state index < -0.39 is 0 Å². The lowest BCUT2D eigenvalue weighted by atomic mass is 9.95. The highest BCUT2D eigenvalue weighted by Crippen LogP contribution is 2.43. The summed E-state index contributed by atoms with van der Waals surface area (Å²) in [5, 5.41) is 10.4. The minimum Gasteiger partial charge on any atom is -0.344 e. The summed E-state index contributed by atoms with van der Waals surface area (Å²) in [4.78, 5) is 0. The van der Waals surface area contributed by atoms with Gasteiger partial charge < -0.3 is 9.13 Å². The predicted octanol–water partition coefficient (Wildman–Crippen LogP) is 10.4. The van der Waals surface area contributed by atoms with E-state index in [9.17, 15) is 0 Å². The second-order valence-corrected chi connectivity index (χ2v) is 11.0. The zero-order valence-corrected chi connectivity index (χ0v) is 22.7. The van der Waals surface area contributed by atoms with Crippen molar-refractivity contribution in [3.05, 3.63) is 140 Å². The monoisotopic (exact) mass is 522 g/mol. The van der Waals surface area contributed by atoms with Crippen molar-refractivity contribution in [2.45, 2.75) is 0 Å². The van der Waals surface area contributed by atoms with Crippen molar-refractivity contribution in [2.75, 3.05) is 0 Å². The van der Waals surface area contributed by atoms with E-state index in [2.05, 4.69) is 156 Å². The lowest BCUT2D eigenvalue weighted by Gasteiger charge is -2.09. The molecule has 41 heavy (non-hydrogen) atoms. The molecule has 0 N–H and O–H groups in total. The number of rotatable bonds is 2. The first kappa shape index (κ1) is 22.5. The molecule has 0 spiro atoms. The van der Waals surface area contributed by atoms with E-state index in [-0.39, 0.29) is 0 Å². The summed E-state index contributed by atoms with van der Waals surface area (Å²) in [7, 11) is 2.18. The van der Waals surface area contributed by atoms with Gasteiger partial charge in [0.2, 0.25) is 0 Å². The molecule has 2 aromatic heterocycles. The number of hydrogen-bond acceptors (Lipinski definition) is 0. The summed E-state index contributed by atoms with van der Waals surface area (Å²) >= 11 is 0. The third-order valence-electron chi connectivity index (χ3n) is 8.90. The normalized spacial score (nSPS) is 12.0. The predicted molar refractivity (Wildman–Crippen MR) is 175 cm³/mol. The minimum atomic E-state index is 1.18. The molecule has 0 bridgehead atoms. The van der Waals surface area contributed by atoms with Gasteiger partial charge in [0.1, 0.15) is 0 Å². The molecule has 0 aliphatic rings. The summed E-state index contributed by atoms with van der Waals surface area (Å²) in [6, 6.07) is 51.1. The average Bonchev–Trinajstić information content (AvgIpc) is 3.53. The molecule has 0 fully saturated rings. The highest BCUT2D eigenvalue weighted by Gasteiger charge is 2.19. The fourth-order valence-electron chi connectivity index (χ4n) is 7.07. The molecule has 0 aliphatic heterocycles. The largest absolute Gasteiger partial charge is 0.344 e. The zero-order chi connectivity index (χ0) is 27.1. The standard InChI is InChI=1S/C39H26N2/c1-40-33-21-20-27(24-32(33)37-29-14-7-5-10-25(29)18-22-34(37)40)31-16-9-17-35-39(31)38-30-15-8-6-11-26(30)19-23-36(38)41(35)28-12-3-2-4-13-28/h2-24H,1H3. The van der Waals surface area contributed by atoms with E-state index in [1.165, 1.54) is 82.0 Å². The molecule has 7 aromatic carbocycles. The number of para-hydroxylation sites is 1. The molecule has 2 heteroatoms. The van der Waals surface area contributed by atoms with Crippen LogP contribution in [0.5, 0.6) is 0 Å². The van der Waals surface area contributed by atoms with Crippen LogP contribution in [0.25, 0.3) is 82.0 Å². The molecule has 9 aromatic rings. The van der Waals surface area contributed by atoms with Crippen molar-refractivity contribution >= 4 is 65.2 Å². The van der Waals surface area contributed by atoms with E-state index in [0.29, 0.717) is 0 Å². The third-order valence-corrected chi connectivity index (χ3v) is 8.90. The summed E-state index contributed by atoms with van der Waals surface area (Å²) in [6.07, 6.45) is 0. The SMILES string of the molecule is Cn1c2ccc(-c3cccc4c3c3c5ccccc5ccc3n4-c3ccccc3)cc2c2c3ccccc3ccc21. The zero-order valence-electron chi connectivity index (χ0n) is 22.7. The highest BCUT2D eigenvalue weighted by molar-refractivity contribution is 6.26. The van der Waals surface area contributed by atoms with Crippen molar-refractivity contribution in [1.29, 1.82) is 0 Å². The van der Waals surface area contributed by atoms with Crippen LogP contribution in [-0.2, 0) is 7.05 Å². The van der Waals surface area contributed by atoms with Crippen molar-refractivity contribution in [1.82, 2.24) is 9.13 Å². The number of nitrogens with zero attached hydrogens (tertiary/aromatic N) is 2. The Morgan fingerprint density at radius 1 is 0.415 bits per heavy atom. The molecule has 0 unspecified atom stereocenters. The first-order valence-corrected chi connectivity index (χ1v) is 14.2. The molecular weight excluding hydrogens is 496 g/mol. The van der Waals surface area contributed by atoms with E-state index in [4.69, 9.17) is 0 Å². The number of aromatic nitrogens is 2. The van der Waals surface area contributed by atoms with Gasteiger partial charge in [0.15, 0.2) is 0 Å². The Kier molecular flexibility index (Phi) is 4.57. The van der Waals surface area contributed by atoms with Crippen molar-refractivity contribution in [3.8, 4) is 16.8 Å². The second-order valence-electron chi connectivity index (χ2n) is 11.0. The van der Waals surface area contributed by atoms with Gasteiger partial charge in [-0.25, -0.2) is 0 Å². The van der Waals surface area contributed by atoms with Crippen molar-refractivity contribution in [3.63, 3.8) is 0 Å². The van der Waals surface area contributed by atoms with Crippen LogP contribution in [0.3, 0.4) is 0 Å². The van der Waals surface area contributed by atoms with E-state index in [0.717, 1.165) is 0 Å². The van der Waals surface area contributed by atoms with Crippen molar-refractivity contribution < 1.29 is 0 Å². The van der Waals surface area contributed by atoms with Crippen molar-refractivity contribution in [2.24, 2.45) is 7.05 Å². The first-order valence-electron chi connectivity index (χ1n) is 14.2. The fraction of sp³-hybridized carbons (Fsp3) is 0.0256. The molecule has 192 valence electrons. The van der Waals surface area contributed by atoms with Crippen LogP contribution in [0, 0.1) is 0 Å².